The van der Waals surface area contributed by atoms with Crippen molar-refractivity contribution in [2.24, 2.45) is 4.99 Å². The molecule has 6 nitrogen and oxygen atoms in total. The third-order valence-corrected chi connectivity index (χ3v) is 4.07. The highest BCUT2D eigenvalue weighted by molar-refractivity contribution is 14.0. The fourth-order valence-electron chi connectivity index (χ4n) is 2.71. The van der Waals surface area contributed by atoms with Crippen molar-refractivity contribution in [3.05, 3.63) is 66.1 Å². The Morgan fingerprint density at radius 2 is 1.93 bits per heavy atom. The molecule has 0 radical (unpaired) electrons. The van der Waals surface area contributed by atoms with Gasteiger partial charge in [-0.1, -0.05) is 24.3 Å². The molecule has 1 aromatic heterocycles. The van der Waals surface area contributed by atoms with Crippen molar-refractivity contribution in [1.29, 1.82) is 0 Å². The van der Waals surface area contributed by atoms with E-state index in [9.17, 15) is 4.79 Å². The van der Waals surface area contributed by atoms with E-state index in [4.69, 9.17) is 4.42 Å². The molecule has 27 heavy (non-hydrogen) atoms. The third-order valence-electron chi connectivity index (χ3n) is 4.07. The van der Waals surface area contributed by atoms with Gasteiger partial charge in [0.2, 0.25) is 0 Å². The molecular formula is C20H25IN4O2. The Bertz CT molecular complexity index is 762. The van der Waals surface area contributed by atoms with Crippen LogP contribution in [-0.2, 0) is 6.54 Å². The van der Waals surface area contributed by atoms with E-state index in [1.807, 2.05) is 24.3 Å². The molecule has 0 saturated heterocycles. The summed E-state index contributed by atoms with van der Waals surface area (Å²) in [5.74, 6) is 0.863. The number of furan rings is 1. The average Bonchev–Trinajstić information content (AvgIpc) is 3.35. The van der Waals surface area contributed by atoms with Gasteiger partial charge < -0.3 is 20.4 Å². The van der Waals surface area contributed by atoms with Crippen molar-refractivity contribution >= 4 is 41.5 Å². The van der Waals surface area contributed by atoms with Crippen LogP contribution < -0.4 is 16.0 Å². The Hall–Kier alpha value is -2.29. The van der Waals surface area contributed by atoms with Crippen LogP contribution in [0.4, 0.5) is 5.69 Å². The third kappa shape index (κ3) is 6.42. The van der Waals surface area contributed by atoms with Gasteiger partial charge in [-0.2, -0.15) is 0 Å². The Balaban J connectivity index is 0.00000261. The van der Waals surface area contributed by atoms with Crippen LogP contribution in [-0.4, -0.2) is 24.5 Å². The molecule has 144 valence electrons. The first-order valence-corrected chi connectivity index (χ1v) is 8.88. The Morgan fingerprint density at radius 1 is 1.19 bits per heavy atom. The van der Waals surface area contributed by atoms with E-state index in [2.05, 4.69) is 40.0 Å². The summed E-state index contributed by atoms with van der Waals surface area (Å²) in [6.45, 7) is 3.45. The van der Waals surface area contributed by atoms with Crippen molar-refractivity contribution in [3.63, 3.8) is 0 Å². The number of anilines is 1. The molecule has 1 aromatic carbocycles. The highest BCUT2D eigenvalue weighted by Crippen LogP contribution is 2.13. The molecule has 1 amide bonds. The van der Waals surface area contributed by atoms with E-state index in [-0.39, 0.29) is 29.9 Å². The molecule has 2 aromatic rings. The fourth-order valence-corrected chi connectivity index (χ4v) is 2.71. The highest BCUT2D eigenvalue weighted by Gasteiger charge is 2.11. The predicted octanol–water partition coefficient (Wildman–Crippen LogP) is 3.92. The van der Waals surface area contributed by atoms with Gasteiger partial charge in [-0.15, -0.1) is 24.0 Å². The van der Waals surface area contributed by atoms with Gasteiger partial charge in [-0.05, 0) is 49.6 Å². The van der Waals surface area contributed by atoms with Crippen LogP contribution in [0.3, 0.4) is 0 Å². The van der Waals surface area contributed by atoms with Gasteiger partial charge in [0.25, 0.3) is 5.91 Å². The number of guanidine groups is 1. The van der Waals surface area contributed by atoms with Crippen LogP contribution in [0.25, 0.3) is 0 Å². The van der Waals surface area contributed by atoms with Crippen LogP contribution in [0, 0.1) is 0 Å². The van der Waals surface area contributed by atoms with Crippen molar-refractivity contribution in [2.45, 2.75) is 32.4 Å². The molecule has 0 fully saturated rings. The zero-order valence-electron chi connectivity index (χ0n) is 15.3. The summed E-state index contributed by atoms with van der Waals surface area (Å²) in [6, 6.07) is 11.4. The molecule has 0 saturated carbocycles. The van der Waals surface area contributed by atoms with Gasteiger partial charge in [-0.3, -0.25) is 4.79 Å². The summed E-state index contributed by atoms with van der Waals surface area (Å²) in [4.78, 5) is 16.6. The number of aliphatic imine (C=N–C) groups is 1. The van der Waals surface area contributed by atoms with E-state index in [0.29, 0.717) is 18.3 Å². The maximum atomic E-state index is 12.0. The smallest absolute Gasteiger partial charge is 0.291 e. The minimum atomic E-state index is -0.260. The first kappa shape index (κ1) is 21.0. The highest BCUT2D eigenvalue weighted by atomic mass is 127. The van der Waals surface area contributed by atoms with Crippen LogP contribution in [0.1, 0.15) is 35.9 Å². The van der Waals surface area contributed by atoms with E-state index in [1.165, 1.54) is 6.26 Å². The lowest BCUT2D eigenvalue weighted by Gasteiger charge is -2.16. The van der Waals surface area contributed by atoms with Gasteiger partial charge in [-0.25, -0.2) is 4.99 Å². The number of carbonyl (C=O) groups excluding carboxylic acids is 1. The standard InChI is InChI=1S/C20H24N4O2.HI/c1-2-21-20(24-16-6-3-4-7-16)22-14-15-9-11-17(12-10-15)23-19(25)18-8-5-13-26-18;/h3-5,8-13,16H,2,6-7,14H2,1H3,(H,23,25)(H2,21,22,24);1H. The lowest BCUT2D eigenvalue weighted by molar-refractivity contribution is 0.0996. The summed E-state index contributed by atoms with van der Waals surface area (Å²) >= 11 is 0. The van der Waals surface area contributed by atoms with E-state index in [0.717, 1.165) is 36.6 Å². The lowest BCUT2D eigenvalue weighted by Crippen LogP contribution is -2.42. The van der Waals surface area contributed by atoms with Crippen molar-refractivity contribution in [3.8, 4) is 0 Å². The maximum absolute atomic E-state index is 12.0. The number of rotatable bonds is 6. The van der Waals surface area contributed by atoms with E-state index in [1.54, 1.807) is 12.1 Å². The van der Waals surface area contributed by atoms with Gasteiger partial charge in [0.1, 0.15) is 0 Å². The molecule has 3 rings (SSSR count). The van der Waals surface area contributed by atoms with Crippen molar-refractivity contribution in [2.75, 3.05) is 11.9 Å². The summed E-state index contributed by atoms with van der Waals surface area (Å²) in [7, 11) is 0. The molecular weight excluding hydrogens is 455 g/mol. The lowest BCUT2D eigenvalue weighted by atomic mass is 10.2. The number of halogens is 1. The molecule has 0 bridgehead atoms. The summed E-state index contributed by atoms with van der Waals surface area (Å²) in [6.07, 6.45) is 7.94. The quantitative estimate of drug-likeness (QED) is 0.254. The number of carbonyl (C=O) groups is 1. The molecule has 1 aliphatic rings. The number of nitrogens with one attached hydrogen (secondary N) is 3. The van der Waals surface area contributed by atoms with Gasteiger partial charge in [0.05, 0.1) is 12.8 Å². The average molecular weight is 480 g/mol. The maximum Gasteiger partial charge on any atom is 0.291 e. The van der Waals surface area contributed by atoms with Crippen LogP contribution >= 0.6 is 24.0 Å². The van der Waals surface area contributed by atoms with Crippen LogP contribution in [0.2, 0.25) is 0 Å². The normalized spacial score (nSPS) is 13.9. The number of nitrogens with zero attached hydrogens (tertiary/aromatic N) is 1. The minimum absolute atomic E-state index is 0. The number of amides is 1. The zero-order valence-corrected chi connectivity index (χ0v) is 17.6. The Kier molecular flexibility index (Phi) is 8.38. The minimum Gasteiger partial charge on any atom is -0.459 e. The van der Waals surface area contributed by atoms with E-state index < -0.39 is 0 Å². The topological polar surface area (TPSA) is 78.7 Å². The molecule has 7 heteroatoms. The van der Waals surface area contributed by atoms with Crippen molar-refractivity contribution in [1.82, 2.24) is 10.6 Å². The second-order valence-corrected chi connectivity index (χ2v) is 6.11. The molecule has 0 unspecified atom stereocenters. The molecule has 0 atom stereocenters. The number of benzene rings is 1. The molecule has 1 aliphatic carbocycles. The summed E-state index contributed by atoms with van der Waals surface area (Å²) < 4.78 is 5.09. The molecule has 1 heterocycles. The van der Waals surface area contributed by atoms with Crippen LogP contribution in [0.15, 0.2) is 64.2 Å². The number of hydrogen-bond donors (Lipinski definition) is 3. The second-order valence-electron chi connectivity index (χ2n) is 6.11. The SMILES string of the molecule is CCNC(=NCc1ccc(NC(=O)c2ccco2)cc1)NC1CC=CC1.I. The first-order chi connectivity index (χ1) is 12.7. The summed E-state index contributed by atoms with van der Waals surface area (Å²) in [5, 5.41) is 9.53. The van der Waals surface area contributed by atoms with Gasteiger partial charge in [0.15, 0.2) is 11.7 Å². The predicted molar refractivity (Wildman–Crippen MR) is 119 cm³/mol. The van der Waals surface area contributed by atoms with Crippen LogP contribution in [0.5, 0.6) is 0 Å². The number of hydrogen-bond acceptors (Lipinski definition) is 3. The van der Waals surface area contributed by atoms with Crippen molar-refractivity contribution < 1.29 is 9.21 Å². The fraction of sp³-hybridized carbons (Fsp3) is 0.300. The van der Waals surface area contributed by atoms with E-state index >= 15 is 0 Å². The Labute approximate surface area is 176 Å². The summed E-state index contributed by atoms with van der Waals surface area (Å²) in [5.41, 5.74) is 1.80. The Morgan fingerprint density at radius 3 is 2.56 bits per heavy atom. The van der Waals surface area contributed by atoms with Gasteiger partial charge >= 0.3 is 0 Å². The zero-order chi connectivity index (χ0) is 18.2. The van der Waals surface area contributed by atoms with Gasteiger partial charge in [0, 0.05) is 18.3 Å². The first-order valence-electron chi connectivity index (χ1n) is 8.88. The second kappa shape index (κ2) is 10.8. The molecule has 0 spiro atoms. The monoisotopic (exact) mass is 480 g/mol. The molecule has 0 aliphatic heterocycles. The largest absolute Gasteiger partial charge is 0.459 e. The molecule has 3 N–H and O–H groups in total.